The lowest BCUT2D eigenvalue weighted by Gasteiger charge is -2.29. The second-order valence-electron chi connectivity index (χ2n) is 8.48. The molecule has 0 aromatic heterocycles. The van der Waals surface area contributed by atoms with E-state index in [1.165, 1.54) is 30.9 Å². The predicted molar refractivity (Wildman–Crippen MR) is 133 cm³/mol. The van der Waals surface area contributed by atoms with E-state index >= 15 is 0 Å². The number of benzene rings is 2. The molecule has 184 valence electrons. The molecule has 34 heavy (non-hydrogen) atoms. The summed E-state index contributed by atoms with van der Waals surface area (Å²) in [6, 6.07) is 10.3. The maximum atomic E-state index is 14.3. The van der Waals surface area contributed by atoms with Gasteiger partial charge in [-0.15, -0.1) is 6.42 Å². The molecule has 0 radical (unpaired) electrons. The maximum Gasteiger partial charge on any atom is 0.407 e. The van der Waals surface area contributed by atoms with Gasteiger partial charge in [-0.2, -0.15) is 23.7 Å². The SMILES string of the molecule is C#CCNC(=O)[C@H](CC(C)(C)F)NC(c1ccc(-c2ccc(/S(C)=C/C)cc2)cc1)C(F)(F)F. The molecular formula is C26H30F4N2OS. The molecule has 2 rings (SSSR count). The Bertz CT molecular complexity index is 1030. The number of halogens is 4. The summed E-state index contributed by atoms with van der Waals surface area (Å²) in [5.41, 5.74) is -0.299. The third-order valence-corrected chi connectivity index (χ3v) is 6.95. The number of carbonyl (C=O) groups excluding carboxylic acids is 1. The highest BCUT2D eigenvalue weighted by molar-refractivity contribution is 8.14. The summed E-state index contributed by atoms with van der Waals surface area (Å²) in [6.45, 7) is 4.25. The molecule has 0 spiro atoms. The van der Waals surface area contributed by atoms with Crippen molar-refractivity contribution >= 4 is 21.8 Å². The Morgan fingerprint density at radius 2 is 1.59 bits per heavy atom. The van der Waals surface area contributed by atoms with Crippen LogP contribution in [-0.4, -0.2) is 42.0 Å². The van der Waals surface area contributed by atoms with Crippen molar-refractivity contribution in [2.24, 2.45) is 0 Å². The third-order valence-electron chi connectivity index (χ3n) is 5.22. The number of terminal acetylenes is 1. The molecule has 0 aliphatic rings. The summed E-state index contributed by atoms with van der Waals surface area (Å²) in [6.07, 6.45) is 2.07. The monoisotopic (exact) mass is 494 g/mol. The maximum absolute atomic E-state index is 14.3. The second kappa shape index (κ2) is 11.7. The predicted octanol–water partition coefficient (Wildman–Crippen LogP) is 5.88. The molecule has 0 aliphatic heterocycles. The fourth-order valence-electron chi connectivity index (χ4n) is 3.42. The van der Waals surface area contributed by atoms with Gasteiger partial charge >= 0.3 is 6.18 Å². The lowest BCUT2D eigenvalue weighted by atomic mass is 9.96. The summed E-state index contributed by atoms with van der Waals surface area (Å²) in [5, 5.41) is 6.76. The number of hydrogen-bond acceptors (Lipinski definition) is 2. The van der Waals surface area contributed by atoms with E-state index in [1.54, 1.807) is 12.1 Å². The Labute approximate surface area is 201 Å². The third kappa shape index (κ3) is 8.00. The Hall–Kier alpha value is -2.63. The first kappa shape index (κ1) is 27.6. The van der Waals surface area contributed by atoms with Crippen LogP contribution < -0.4 is 10.6 Å². The van der Waals surface area contributed by atoms with Gasteiger partial charge in [0, 0.05) is 11.3 Å². The minimum Gasteiger partial charge on any atom is -0.344 e. The lowest BCUT2D eigenvalue weighted by molar-refractivity contribution is -0.161. The number of alkyl halides is 4. The van der Waals surface area contributed by atoms with Gasteiger partial charge in [0.05, 0.1) is 12.6 Å². The molecule has 0 saturated carbocycles. The Kier molecular flexibility index (Phi) is 9.48. The van der Waals surface area contributed by atoms with Crippen molar-refractivity contribution in [1.29, 1.82) is 0 Å². The van der Waals surface area contributed by atoms with E-state index in [-0.39, 0.29) is 22.6 Å². The van der Waals surface area contributed by atoms with Crippen LogP contribution in [0.1, 0.15) is 38.8 Å². The Morgan fingerprint density at radius 1 is 1.06 bits per heavy atom. The molecule has 0 saturated heterocycles. The summed E-state index contributed by atoms with van der Waals surface area (Å²) >= 11 is 0. The fraction of sp³-hybridized carbons (Fsp3) is 0.385. The van der Waals surface area contributed by atoms with E-state index in [1.807, 2.05) is 31.2 Å². The fourth-order valence-corrected chi connectivity index (χ4v) is 4.26. The minimum absolute atomic E-state index is 0.0269. The first-order valence-corrected chi connectivity index (χ1v) is 12.4. The van der Waals surface area contributed by atoms with Crippen molar-refractivity contribution in [3.63, 3.8) is 0 Å². The quantitative estimate of drug-likeness (QED) is 0.260. The Morgan fingerprint density at radius 3 is 2.03 bits per heavy atom. The number of rotatable bonds is 9. The van der Waals surface area contributed by atoms with Crippen molar-refractivity contribution in [1.82, 2.24) is 10.6 Å². The van der Waals surface area contributed by atoms with Crippen molar-refractivity contribution in [2.45, 2.75) is 56.0 Å². The van der Waals surface area contributed by atoms with Crippen LogP contribution in [0.3, 0.4) is 0 Å². The lowest BCUT2D eigenvalue weighted by Crippen LogP contribution is -2.51. The normalized spacial score (nSPS) is 14.8. The molecule has 8 heteroatoms. The smallest absolute Gasteiger partial charge is 0.344 e. The van der Waals surface area contributed by atoms with Gasteiger partial charge in [-0.1, -0.05) is 47.7 Å². The van der Waals surface area contributed by atoms with Gasteiger partial charge < -0.3 is 5.32 Å². The molecule has 0 bridgehead atoms. The van der Waals surface area contributed by atoms with Crippen LogP contribution in [0.5, 0.6) is 0 Å². The van der Waals surface area contributed by atoms with Crippen LogP contribution in [0.2, 0.25) is 0 Å². The van der Waals surface area contributed by atoms with Crippen molar-refractivity contribution < 1.29 is 22.4 Å². The highest BCUT2D eigenvalue weighted by Gasteiger charge is 2.43. The summed E-state index contributed by atoms with van der Waals surface area (Å²) in [4.78, 5) is 13.6. The molecule has 0 fully saturated rings. The van der Waals surface area contributed by atoms with E-state index in [9.17, 15) is 22.4 Å². The van der Waals surface area contributed by atoms with Gasteiger partial charge in [0.15, 0.2) is 0 Å². The number of hydrogen-bond donors (Lipinski definition) is 2. The summed E-state index contributed by atoms with van der Waals surface area (Å²) in [7, 11) is 0.0269. The average Bonchev–Trinajstić information content (AvgIpc) is 2.78. The van der Waals surface area contributed by atoms with E-state index < -0.39 is 36.3 Å². The Balaban J connectivity index is 2.32. The topological polar surface area (TPSA) is 41.1 Å². The van der Waals surface area contributed by atoms with E-state index in [4.69, 9.17) is 6.42 Å². The molecular weight excluding hydrogens is 464 g/mol. The molecule has 2 unspecified atom stereocenters. The zero-order chi connectivity index (χ0) is 25.5. The molecule has 3 atom stereocenters. The first-order valence-electron chi connectivity index (χ1n) is 10.7. The van der Waals surface area contributed by atoms with Gasteiger partial charge in [-0.25, -0.2) is 4.39 Å². The molecule has 2 aromatic rings. The zero-order valence-electron chi connectivity index (χ0n) is 19.7. The largest absolute Gasteiger partial charge is 0.407 e. The van der Waals surface area contributed by atoms with Crippen LogP contribution in [0.4, 0.5) is 17.6 Å². The number of carbonyl (C=O) groups is 1. The second-order valence-corrected chi connectivity index (χ2v) is 10.5. The van der Waals surface area contributed by atoms with Crippen LogP contribution in [-0.2, 0) is 4.79 Å². The summed E-state index contributed by atoms with van der Waals surface area (Å²) in [5.74, 6) is 1.41. The van der Waals surface area contributed by atoms with Crippen molar-refractivity contribution in [2.75, 3.05) is 12.8 Å². The van der Waals surface area contributed by atoms with Gasteiger partial charge in [0.1, 0.15) is 11.7 Å². The van der Waals surface area contributed by atoms with E-state index in [0.29, 0.717) is 0 Å². The standard InChI is InChI=1S/C26H30F4N2OS/c1-6-16-31-24(33)22(17-25(3,4)27)32-23(26(28,29)30)20-10-8-18(9-11-20)19-12-14-21(15-13-19)34(5)7-2/h1,7-15,22-23,32H,16-17H2,2-5H3,(H,31,33)/t22-,23?,34?/m0/s1. The molecule has 1 amide bonds. The van der Waals surface area contributed by atoms with Crippen LogP contribution in [0, 0.1) is 12.3 Å². The van der Waals surface area contributed by atoms with Crippen molar-refractivity contribution in [3.05, 3.63) is 54.1 Å². The highest BCUT2D eigenvalue weighted by Crippen LogP contribution is 2.35. The number of nitrogens with one attached hydrogen (secondary N) is 2. The number of amides is 1. The van der Waals surface area contributed by atoms with Gasteiger partial charge in [-0.05, 0) is 55.9 Å². The van der Waals surface area contributed by atoms with Gasteiger partial charge in [-0.3, -0.25) is 10.1 Å². The van der Waals surface area contributed by atoms with Crippen LogP contribution in [0.15, 0.2) is 53.4 Å². The van der Waals surface area contributed by atoms with Crippen LogP contribution >= 0.6 is 10.5 Å². The average molecular weight is 495 g/mol. The van der Waals surface area contributed by atoms with E-state index in [2.05, 4.69) is 28.2 Å². The molecule has 2 N–H and O–H groups in total. The van der Waals surface area contributed by atoms with Crippen molar-refractivity contribution in [3.8, 4) is 23.5 Å². The minimum atomic E-state index is -4.71. The first-order chi connectivity index (χ1) is 15.9. The summed E-state index contributed by atoms with van der Waals surface area (Å²) < 4.78 is 56.2. The van der Waals surface area contributed by atoms with Gasteiger partial charge in [0.2, 0.25) is 5.91 Å². The van der Waals surface area contributed by atoms with Crippen LogP contribution in [0.25, 0.3) is 11.1 Å². The zero-order valence-corrected chi connectivity index (χ0v) is 20.5. The molecule has 2 aromatic carbocycles. The molecule has 0 heterocycles. The van der Waals surface area contributed by atoms with Gasteiger partial charge in [0.25, 0.3) is 0 Å². The molecule has 3 nitrogen and oxygen atoms in total. The highest BCUT2D eigenvalue weighted by atomic mass is 32.2. The molecule has 0 aliphatic carbocycles. The van der Waals surface area contributed by atoms with E-state index in [0.717, 1.165) is 11.1 Å².